The maximum atomic E-state index is 5.44. The minimum Gasteiger partial charge on any atom is -0.493 e. The number of fused-ring (bicyclic) bond motifs is 1. The number of rotatable bonds is 5. The van der Waals surface area contributed by atoms with E-state index in [1.807, 2.05) is 30.3 Å². The van der Waals surface area contributed by atoms with Gasteiger partial charge in [0.1, 0.15) is 0 Å². The fourth-order valence-corrected chi connectivity index (χ4v) is 3.25. The zero-order chi connectivity index (χ0) is 18.1. The molecule has 0 atom stereocenters. The van der Waals surface area contributed by atoms with E-state index in [0.717, 1.165) is 34.1 Å². The molecule has 2 aromatic heterocycles. The number of ether oxygens (including phenoxy) is 2. The maximum absolute atomic E-state index is 5.44. The standard InChI is InChI=1S/C20H18N3O3/c1-4-14-15-9-13(20-23-21-11-26-20)5-7-16(15)22-19(14)12-6-8-17(24-2)18(10-12)25-3/h5-10,22H,4H2,1-3H3. The fraction of sp³-hybridized carbons (Fsp3) is 0.200. The van der Waals surface area contributed by atoms with Gasteiger partial charge in [0.2, 0.25) is 5.89 Å². The van der Waals surface area contributed by atoms with E-state index in [1.165, 1.54) is 5.56 Å². The minimum atomic E-state index is 0.461. The molecule has 0 bridgehead atoms. The fourth-order valence-electron chi connectivity index (χ4n) is 3.25. The average molecular weight is 348 g/mol. The van der Waals surface area contributed by atoms with Crippen molar-refractivity contribution in [3.63, 3.8) is 0 Å². The molecule has 0 spiro atoms. The number of nitrogens with one attached hydrogen (secondary N) is 1. The lowest BCUT2D eigenvalue weighted by Crippen LogP contribution is -1.92. The Hall–Kier alpha value is -3.28. The highest BCUT2D eigenvalue weighted by Gasteiger charge is 2.15. The van der Waals surface area contributed by atoms with Crippen LogP contribution in [0.3, 0.4) is 0 Å². The molecule has 2 heterocycles. The highest BCUT2D eigenvalue weighted by atomic mass is 16.5. The number of aromatic nitrogens is 3. The number of methoxy groups -OCH3 is 2. The first-order valence-corrected chi connectivity index (χ1v) is 8.32. The number of nitrogens with zero attached hydrogens (tertiary/aromatic N) is 2. The summed E-state index contributed by atoms with van der Waals surface area (Å²) in [7, 11) is 3.27. The number of benzene rings is 2. The quantitative estimate of drug-likeness (QED) is 0.583. The molecule has 0 aliphatic carbocycles. The molecule has 6 nitrogen and oxygen atoms in total. The smallest absolute Gasteiger partial charge is 0.306 e. The normalized spacial score (nSPS) is 11.0. The van der Waals surface area contributed by atoms with Gasteiger partial charge in [-0.3, -0.25) is 0 Å². The van der Waals surface area contributed by atoms with Gasteiger partial charge < -0.3 is 18.9 Å². The molecule has 1 radical (unpaired) electrons. The van der Waals surface area contributed by atoms with Crippen LogP contribution in [0, 0.1) is 6.39 Å². The van der Waals surface area contributed by atoms with Crippen molar-refractivity contribution in [3.8, 4) is 34.2 Å². The molecule has 6 heteroatoms. The summed E-state index contributed by atoms with van der Waals surface area (Å²) >= 11 is 0. The lowest BCUT2D eigenvalue weighted by atomic mass is 10.0. The van der Waals surface area contributed by atoms with Gasteiger partial charge in [-0.1, -0.05) is 6.92 Å². The Labute approximate surface area is 150 Å². The Morgan fingerprint density at radius 3 is 2.54 bits per heavy atom. The van der Waals surface area contributed by atoms with Crippen LogP contribution in [0.5, 0.6) is 11.5 Å². The van der Waals surface area contributed by atoms with Crippen LogP contribution in [0.1, 0.15) is 12.5 Å². The van der Waals surface area contributed by atoms with E-state index in [2.05, 4.69) is 34.6 Å². The zero-order valence-electron chi connectivity index (χ0n) is 14.8. The third kappa shape index (κ3) is 2.60. The topological polar surface area (TPSA) is 73.2 Å². The Morgan fingerprint density at radius 2 is 1.85 bits per heavy atom. The van der Waals surface area contributed by atoms with Gasteiger partial charge in [0, 0.05) is 27.7 Å². The Kier molecular flexibility index (Phi) is 4.08. The van der Waals surface area contributed by atoms with Crippen molar-refractivity contribution in [1.29, 1.82) is 0 Å². The summed E-state index contributed by atoms with van der Waals surface area (Å²) in [4.78, 5) is 3.52. The van der Waals surface area contributed by atoms with E-state index in [-0.39, 0.29) is 0 Å². The number of aromatic amines is 1. The summed E-state index contributed by atoms with van der Waals surface area (Å²) in [5, 5.41) is 8.71. The molecule has 4 rings (SSSR count). The zero-order valence-corrected chi connectivity index (χ0v) is 14.8. The summed E-state index contributed by atoms with van der Waals surface area (Å²) in [6.45, 7) is 2.14. The molecule has 0 aliphatic rings. The first-order chi connectivity index (χ1) is 12.7. The van der Waals surface area contributed by atoms with Crippen LogP contribution in [0.25, 0.3) is 33.6 Å². The molecule has 4 aromatic rings. The highest BCUT2D eigenvalue weighted by Crippen LogP contribution is 2.37. The van der Waals surface area contributed by atoms with Gasteiger partial charge >= 0.3 is 6.39 Å². The predicted octanol–water partition coefficient (Wildman–Crippen LogP) is 4.26. The monoisotopic (exact) mass is 348 g/mol. The summed E-state index contributed by atoms with van der Waals surface area (Å²) < 4.78 is 16.0. The van der Waals surface area contributed by atoms with Crippen LogP contribution in [0.2, 0.25) is 0 Å². The van der Waals surface area contributed by atoms with Gasteiger partial charge in [0.25, 0.3) is 0 Å². The molecule has 26 heavy (non-hydrogen) atoms. The first kappa shape index (κ1) is 16.2. The van der Waals surface area contributed by atoms with Crippen molar-refractivity contribution in [2.45, 2.75) is 13.3 Å². The van der Waals surface area contributed by atoms with E-state index in [9.17, 15) is 0 Å². The van der Waals surface area contributed by atoms with Crippen LogP contribution in [0.15, 0.2) is 40.8 Å². The molecular weight excluding hydrogens is 330 g/mol. The van der Waals surface area contributed by atoms with Crippen LogP contribution in [0.4, 0.5) is 0 Å². The molecule has 0 amide bonds. The summed E-state index contributed by atoms with van der Waals surface area (Å²) in [6.07, 6.45) is 3.27. The Morgan fingerprint density at radius 1 is 1.04 bits per heavy atom. The molecule has 131 valence electrons. The lowest BCUT2D eigenvalue weighted by Gasteiger charge is -2.10. The molecule has 0 unspecified atom stereocenters. The summed E-state index contributed by atoms with van der Waals surface area (Å²) in [5.41, 5.74) is 5.26. The highest BCUT2D eigenvalue weighted by molar-refractivity contribution is 5.93. The molecule has 2 aromatic carbocycles. The second-order valence-corrected chi connectivity index (χ2v) is 5.86. The van der Waals surface area contributed by atoms with Crippen molar-refractivity contribution in [2.75, 3.05) is 14.2 Å². The van der Waals surface area contributed by atoms with E-state index in [4.69, 9.17) is 13.9 Å². The number of aryl methyl sites for hydroxylation is 1. The maximum Gasteiger partial charge on any atom is 0.306 e. The van der Waals surface area contributed by atoms with Crippen molar-refractivity contribution >= 4 is 10.9 Å². The SMILES string of the molecule is CCc1c(-c2ccc(OC)c(OC)c2)[nH]c2ccc(-c3nn[c]o3)cc12. The van der Waals surface area contributed by atoms with Crippen LogP contribution in [-0.2, 0) is 6.42 Å². The van der Waals surface area contributed by atoms with Gasteiger partial charge in [-0.15, -0.1) is 10.2 Å². The van der Waals surface area contributed by atoms with Crippen molar-refractivity contribution in [3.05, 3.63) is 48.4 Å². The average Bonchev–Trinajstić information content (AvgIpc) is 3.34. The van der Waals surface area contributed by atoms with Gasteiger partial charge in [0.15, 0.2) is 11.5 Å². The molecule has 0 fully saturated rings. The predicted molar refractivity (Wildman–Crippen MR) is 98.3 cm³/mol. The van der Waals surface area contributed by atoms with Crippen LogP contribution < -0.4 is 9.47 Å². The number of H-pyrrole nitrogens is 1. The molecule has 1 N–H and O–H groups in total. The largest absolute Gasteiger partial charge is 0.493 e. The van der Waals surface area contributed by atoms with Crippen molar-refractivity contribution in [2.24, 2.45) is 0 Å². The van der Waals surface area contributed by atoms with E-state index < -0.39 is 0 Å². The third-order valence-corrected chi connectivity index (χ3v) is 4.50. The first-order valence-electron chi connectivity index (χ1n) is 8.32. The van der Waals surface area contributed by atoms with Gasteiger partial charge in [-0.05, 0) is 48.4 Å². The van der Waals surface area contributed by atoms with Crippen molar-refractivity contribution in [1.82, 2.24) is 15.2 Å². The Balaban J connectivity index is 1.88. The molecule has 0 saturated carbocycles. The van der Waals surface area contributed by atoms with Crippen molar-refractivity contribution < 1.29 is 13.9 Å². The van der Waals surface area contributed by atoms with Gasteiger partial charge in [0.05, 0.1) is 14.2 Å². The molecule has 0 aliphatic heterocycles. The molecule has 0 saturated heterocycles. The second kappa shape index (κ2) is 6.55. The minimum absolute atomic E-state index is 0.461. The van der Waals surface area contributed by atoms with Gasteiger partial charge in [-0.2, -0.15) is 0 Å². The van der Waals surface area contributed by atoms with E-state index >= 15 is 0 Å². The van der Waals surface area contributed by atoms with E-state index in [1.54, 1.807) is 14.2 Å². The number of hydrogen-bond donors (Lipinski definition) is 1. The second-order valence-electron chi connectivity index (χ2n) is 5.86. The van der Waals surface area contributed by atoms with E-state index in [0.29, 0.717) is 17.4 Å². The summed E-state index contributed by atoms with van der Waals surface area (Å²) in [5.74, 6) is 1.87. The number of hydrogen-bond acceptors (Lipinski definition) is 5. The van der Waals surface area contributed by atoms with Crippen LogP contribution >= 0.6 is 0 Å². The van der Waals surface area contributed by atoms with Gasteiger partial charge in [-0.25, -0.2) is 0 Å². The summed E-state index contributed by atoms with van der Waals surface area (Å²) in [6, 6.07) is 12.0. The van der Waals surface area contributed by atoms with Crippen LogP contribution in [-0.4, -0.2) is 29.4 Å². The Bertz CT molecular complexity index is 1050. The molecular formula is C20H18N3O3. The third-order valence-electron chi connectivity index (χ3n) is 4.50. The lowest BCUT2D eigenvalue weighted by molar-refractivity contribution is 0.355.